The number of nitrogen functional groups attached to an aromatic ring is 1. The number of hydrogen-bond donors (Lipinski definition) is 1. The lowest BCUT2D eigenvalue weighted by molar-refractivity contribution is -0.384. The molecule has 66 valence electrons. The van der Waals surface area contributed by atoms with Crippen molar-refractivity contribution in [3.05, 3.63) is 16.3 Å². The summed E-state index contributed by atoms with van der Waals surface area (Å²) in [5.74, 6) is -0.0336. The van der Waals surface area contributed by atoms with Crippen molar-refractivity contribution >= 4 is 11.5 Å². The first-order valence-corrected chi connectivity index (χ1v) is 3.51. The van der Waals surface area contributed by atoms with Gasteiger partial charge in [0.1, 0.15) is 6.20 Å². The Labute approximate surface area is 69.1 Å². The number of nitrogens with two attached hydrogens (primary N) is 1. The van der Waals surface area contributed by atoms with E-state index in [4.69, 9.17) is 5.73 Å². The van der Waals surface area contributed by atoms with E-state index in [1.807, 2.05) is 13.8 Å². The van der Waals surface area contributed by atoms with E-state index in [2.05, 4.69) is 5.10 Å². The van der Waals surface area contributed by atoms with Crippen LogP contribution in [0.5, 0.6) is 0 Å². The Morgan fingerprint density at radius 2 is 2.33 bits per heavy atom. The summed E-state index contributed by atoms with van der Waals surface area (Å²) in [7, 11) is 0. The Morgan fingerprint density at radius 1 is 1.75 bits per heavy atom. The minimum atomic E-state index is -0.540. The summed E-state index contributed by atoms with van der Waals surface area (Å²) >= 11 is 0. The maximum atomic E-state index is 10.3. The van der Waals surface area contributed by atoms with Crippen molar-refractivity contribution in [1.29, 1.82) is 0 Å². The van der Waals surface area contributed by atoms with Gasteiger partial charge < -0.3 is 5.73 Å². The average molecular weight is 170 g/mol. The van der Waals surface area contributed by atoms with E-state index in [0.717, 1.165) is 0 Å². The number of aromatic nitrogens is 2. The van der Waals surface area contributed by atoms with E-state index in [9.17, 15) is 10.1 Å². The van der Waals surface area contributed by atoms with E-state index in [-0.39, 0.29) is 17.5 Å². The van der Waals surface area contributed by atoms with E-state index >= 15 is 0 Å². The van der Waals surface area contributed by atoms with Crippen molar-refractivity contribution in [2.24, 2.45) is 0 Å². The molecule has 2 N–H and O–H groups in total. The number of nitrogens with zero attached hydrogens (tertiary/aromatic N) is 3. The molecule has 1 heterocycles. The lowest BCUT2D eigenvalue weighted by Gasteiger charge is -2.01. The number of hydrogen-bond acceptors (Lipinski definition) is 4. The molecule has 6 heteroatoms. The van der Waals surface area contributed by atoms with E-state index < -0.39 is 4.92 Å². The minimum absolute atomic E-state index is 0.0336. The lowest BCUT2D eigenvalue weighted by Crippen LogP contribution is -2.01. The maximum absolute atomic E-state index is 10.3. The molecular formula is C6H10N4O2. The summed E-state index contributed by atoms with van der Waals surface area (Å²) in [5, 5.41) is 14.1. The molecule has 6 nitrogen and oxygen atoms in total. The first-order valence-electron chi connectivity index (χ1n) is 3.51. The highest BCUT2D eigenvalue weighted by atomic mass is 16.6. The van der Waals surface area contributed by atoms with Gasteiger partial charge in [-0.05, 0) is 13.8 Å². The van der Waals surface area contributed by atoms with Crippen LogP contribution in [-0.4, -0.2) is 14.7 Å². The average Bonchev–Trinajstić information content (AvgIpc) is 2.30. The number of rotatable bonds is 2. The predicted octanol–water partition coefficient (Wildman–Crippen LogP) is 0.954. The second-order valence-electron chi connectivity index (χ2n) is 2.73. The summed E-state index contributed by atoms with van der Waals surface area (Å²) in [6, 6.07) is 0.0843. The van der Waals surface area contributed by atoms with E-state index in [1.165, 1.54) is 10.9 Å². The predicted molar refractivity (Wildman–Crippen MR) is 43.7 cm³/mol. The van der Waals surface area contributed by atoms with Crippen LogP contribution in [0.25, 0.3) is 0 Å². The molecule has 0 aliphatic rings. The molecule has 1 aromatic heterocycles. The van der Waals surface area contributed by atoms with Crippen LogP contribution in [0.3, 0.4) is 0 Å². The smallest absolute Gasteiger partial charge is 0.330 e. The second-order valence-corrected chi connectivity index (χ2v) is 2.73. The van der Waals surface area contributed by atoms with Crippen molar-refractivity contribution in [1.82, 2.24) is 9.78 Å². The molecule has 0 aliphatic heterocycles. The highest BCUT2D eigenvalue weighted by Crippen LogP contribution is 2.20. The molecule has 1 rings (SSSR count). The van der Waals surface area contributed by atoms with Crippen LogP contribution in [0.15, 0.2) is 6.20 Å². The summed E-state index contributed by atoms with van der Waals surface area (Å²) < 4.78 is 1.47. The van der Waals surface area contributed by atoms with Crippen LogP contribution in [0.1, 0.15) is 19.9 Å². The Morgan fingerprint density at radius 3 is 2.58 bits per heavy atom. The second kappa shape index (κ2) is 2.80. The highest BCUT2D eigenvalue weighted by Gasteiger charge is 2.16. The summed E-state index contributed by atoms with van der Waals surface area (Å²) in [6.07, 6.45) is 1.33. The Hall–Kier alpha value is -1.59. The van der Waals surface area contributed by atoms with Crippen molar-refractivity contribution < 1.29 is 4.92 Å². The molecule has 0 fully saturated rings. The van der Waals surface area contributed by atoms with Crippen LogP contribution in [0.2, 0.25) is 0 Å². The molecule has 0 aromatic carbocycles. The largest absolute Gasteiger partial charge is 0.376 e. The van der Waals surface area contributed by atoms with Gasteiger partial charge in [-0.25, -0.2) is 0 Å². The van der Waals surface area contributed by atoms with Gasteiger partial charge in [0.15, 0.2) is 0 Å². The van der Waals surface area contributed by atoms with Gasteiger partial charge in [0.25, 0.3) is 0 Å². The van der Waals surface area contributed by atoms with Crippen molar-refractivity contribution in [3.8, 4) is 0 Å². The van der Waals surface area contributed by atoms with Gasteiger partial charge >= 0.3 is 5.69 Å². The van der Waals surface area contributed by atoms with Crippen LogP contribution in [0.4, 0.5) is 11.5 Å². The summed E-state index contributed by atoms with van der Waals surface area (Å²) in [6.45, 7) is 3.74. The standard InChI is InChI=1S/C6H10N4O2/c1-4(2)9-3-5(10(11)12)6(7)8-9/h3-4H,1-2H3,(H2,7,8). The van der Waals surface area contributed by atoms with Crippen molar-refractivity contribution in [2.45, 2.75) is 19.9 Å². The van der Waals surface area contributed by atoms with Gasteiger partial charge in [0.05, 0.1) is 4.92 Å². The van der Waals surface area contributed by atoms with Crippen molar-refractivity contribution in [3.63, 3.8) is 0 Å². The molecule has 1 aromatic rings. The third-order valence-electron chi connectivity index (χ3n) is 1.47. The zero-order valence-electron chi connectivity index (χ0n) is 6.89. The molecule has 0 amide bonds. The maximum Gasteiger partial charge on any atom is 0.330 e. The van der Waals surface area contributed by atoms with Crippen LogP contribution >= 0.6 is 0 Å². The first-order chi connectivity index (χ1) is 5.52. The monoisotopic (exact) mass is 170 g/mol. The fraction of sp³-hybridized carbons (Fsp3) is 0.500. The molecule has 0 unspecified atom stereocenters. The summed E-state index contributed by atoms with van der Waals surface area (Å²) in [5.41, 5.74) is 5.17. The molecular weight excluding hydrogens is 160 g/mol. The van der Waals surface area contributed by atoms with Gasteiger partial charge in [-0.3, -0.25) is 14.8 Å². The molecule has 0 spiro atoms. The molecule has 0 aliphatic carbocycles. The molecule has 0 radical (unpaired) electrons. The normalized spacial score (nSPS) is 10.6. The van der Waals surface area contributed by atoms with E-state index in [0.29, 0.717) is 0 Å². The Balaban J connectivity index is 3.09. The SMILES string of the molecule is CC(C)n1cc([N+](=O)[O-])c(N)n1. The van der Waals surface area contributed by atoms with Gasteiger partial charge in [-0.1, -0.05) is 0 Å². The molecule has 0 atom stereocenters. The van der Waals surface area contributed by atoms with Crippen LogP contribution < -0.4 is 5.73 Å². The topological polar surface area (TPSA) is 87.0 Å². The first kappa shape index (κ1) is 8.51. The fourth-order valence-electron chi connectivity index (χ4n) is 0.801. The van der Waals surface area contributed by atoms with Gasteiger partial charge in [0.2, 0.25) is 5.82 Å². The zero-order valence-corrected chi connectivity index (χ0v) is 6.89. The van der Waals surface area contributed by atoms with E-state index in [1.54, 1.807) is 0 Å². The molecule has 12 heavy (non-hydrogen) atoms. The van der Waals surface area contributed by atoms with Crippen molar-refractivity contribution in [2.75, 3.05) is 5.73 Å². The van der Waals surface area contributed by atoms with Crippen LogP contribution in [-0.2, 0) is 0 Å². The van der Waals surface area contributed by atoms with Gasteiger partial charge in [-0.2, -0.15) is 0 Å². The molecule has 0 bridgehead atoms. The third kappa shape index (κ3) is 1.36. The number of anilines is 1. The number of nitro groups is 1. The van der Waals surface area contributed by atoms with Gasteiger partial charge in [-0.15, -0.1) is 5.10 Å². The quantitative estimate of drug-likeness (QED) is 0.528. The van der Waals surface area contributed by atoms with Gasteiger partial charge in [0, 0.05) is 6.04 Å². The molecule has 0 saturated heterocycles. The minimum Gasteiger partial charge on any atom is -0.376 e. The summed E-state index contributed by atoms with van der Waals surface area (Å²) in [4.78, 5) is 9.79. The fourth-order valence-corrected chi connectivity index (χ4v) is 0.801. The van der Waals surface area contributed by atoms with Crippen LogP contribution in [0, 0.1) is 10.1 Å². The highest BCUT2D eigenvalue weighted by molar-refractivity contribution is 5.50. The third-order valence-corrected chi connectivity index (χ3v) is 1.47. The lowest BCUT2D eigenvalue weighted by atomic mass is 10.4. The zero-order chi connectivity index (χ0) is 9.30. The Bertz CT molecular complexity index is 304. The molecule has 0 saturated carbocycles. The Kier molecular flexibility index (Phi) is 1.99.